The summed E-state index contributed by atoms with van der Waals surface area (Å²) in [6.45, 7) is 5.78. The molecule has 0 atom stereocenters. The van der Waals surface area contributed by atoms with Gasteiger partial charge in [0.1, 0.15) is 11.5 Å². The molecule has 0 amide bonds. The molecule has 0 aromatic heterocycles. The van der Waals surface area contributed by atoms with Gasteiger partial charge in [-0.3, -0.25) is 0 Å². The highest BCUT2D eigenvalue weighted by atomic mass is 16.5. The molecule has 0 aliphatic rings. The lowest BCUT2D eigenvalue weighted by Crippen LogP contribution is -2.05. The number of nitrogens with zero attached hydrogens (tertiary/aromatic N) is 2. The summed E-state index contributed by atoms with van der Waals surface area (Å²) in [6, 6.07) is 15.4. The van der Waals surface area contributed by atoms with Crippen LogP contribution in [0.3, 0.4) is 0 Å². The van der Waals surface area contributed by atoms with Crippen LogP contribution >= 0.6 is 0 Å². The molecule has 6 heteroatoms. The molecule has 2 rings (SSSR count). The van der Waals surface area contributed by atoms with E-state index in [1.165, 1.54) is 25.7 Å². The van der Waals surface area contributed by atoms with Gasteiger partial charge in [-0.25, -0.2) is 0 Å². The van der Waals surface area contributed by atoms with E-state index in [2.05, 4.69) is 24.2 Å². The minimum absolute atomic E-state index is 0.635. The summed E-state index contributed by atoms with van der Waals surface area (Å²) in [4.78, 5) is 0. The SMILES string of the molecule is CCCCCOc1ccc(C(CCCCC(=NO)c2ccc(OCCCCC)cc2)=NO)cc1. The van der Waals surface area contributed by atoms with E-state index in [0.717, 1.165) is 61.5 Å². The van der Waals surface area contributed by atoms with Gasteiger partial charge in [-0.1, -0.05) is 49.8 Å². The number of unbranched alkanes of at least 4 members (excludes halogenated alkanes) is 5. The molecule has 186 valence electrons. The van der Waals surface area contributed by atoms with Crippen LogP contribution in [0.2, 0.25) is 0 Å². The van der Waals surface area contributed by atoms with E-state index in [1.54, 1.807) is 0 Å². The van der Waals surface area contributed by atoms with Crippen molar-refractivity contribution in [3.63, 3.8) is 0 Å². The fourth-order valence-corrected chi connectivity index (χ4v) is 3.66. The van der Waals surface area contributed by atoms with Crippen LogP contribution < -0.4 is 9.47 Å². The largest absolute Gasteiger partial charge is 0.494 e. The first-order chi connectivity index (χ1) is 16.7. The summed E-state index contributed by atoms with van der Waals surface area (Å²) in [7, 11) is 0. The first-order valence-electron chi connectivity index (χ1n) is 12.6. The molecule has 0 heterocycles. The van der Waals surface area contributed by atoms with Gasteiger partial charge < -0.3 is 19.9 Å². The van der Waals surface area contributed by atoms with Crippen LogP contribution in [0.15, 0.2) is 58.8 Å². The smallest absolute Gasteiger partial charge is 0.119 e. The van der Waals surface area contributed by atoms with E-state index < -0.39 is 0 Å². The van der Waals surface area contributed by atoms with E-state index in [0.29, 0.717) is 24.3 Å². The summed E-state index contributed by atoms with van der Waals surface area (Å²) in [6.07, 6.45) is 9.68. The van der Waals surface area contributed by atoms with Crippen molar-refractivity contribution in [1.82, 2.24) is 0 Å². The van der Waals surface area contributed by atoms with Crippen LogP contribution in [0.4, 0.5) is 0 Å². The Labute approximate surface area is 204 Å². The quantitative estimate of drug-likeness (QED) is 0.109. The monoisotopic (exact) mass is 468 g/mol. The Bertz CT molecular complexity index is 787. The molecule has 0 saturated heterocycles. The van der Waals surface area contributed by atoms with Crippen molar-refractivity contribution in [2.75, 3.05) is 13.2 Å². The summed E-state index contributed by atoms with van der Waals surface area (Å²) in [5.41, 5.74) is 3.05. The zero-order valence-electron chi connectivity index (χ0n) is 20.7. The van der Waals surface area contributed by atoms with Gasteiger partial charge in [0.2, 0.25) is 0 Å². The van der Waals surface area contributed by atoms with Gasteiger partial charge in [0.15, 0.2) is 0 Å². The second-order valence-electron chi connectivity index (χ2n) is 8.46. The van der Waals surface area contributed by atoms with Gasteiger partial charge in [-0.05, 0) is 98.2 Å². The molecule has 6 nitrogen and oxygen atoms in total. The molecular weight excluding hydrogens is 428 g/mol. The van der Waals surface area contributed by atoms with Crippen molar-refractivity contribution in [3.8, 4) is 11.5 Å². The molecule has 2 N–H and O–H groups in total. The number of ether oxygens (including phenoxy) is 2. The van der Waals surface area contributed by atoms with Crippen molar-refractivity contribution in [3.05, 3.63) is 59.7 Å². The Morgan fingerprint density at radius 3 is 1.29 bits per heavy atom. The fourth-order valence-electron chi connectivity index (χ4n) is 3.66. The van der Waals surface area contributed by atoms with Crippen LogP contribution in [0.25, 0.3) is 0 Å². The van der Waals surface area contributed by atoms with Crippen LogP contribution in [0.1, 0.15) is 89.2 Å². The first-order valence-corrected chi connectivity index (χ1v) is 12.6. The standard InChI is InChI=1S/C28H40N2O4/c1-3-5-9-21-33-25-17-13-23(14-18-25)27(29-31)11-7-8-12-28(30-32)24-15-19-26(20-16-24)34-22-10-6-4-2/h13-20,31-32H,3-12,21-22H2,1-2H3. The topological polar surface area (TPSA) is 83.6 Å². The predicted octanol–water partition coefficient (Wildman–Crippen LogP) is 7.44. The van der Waals surface area contributed by atoms with E-state index in [4.69, 9.17) is 9.47 Å². The second-order valence-corrected chi connectivity index (χ2v) is 8.46. The molecule has 0 saturated carbocycles. The van der Waals surface area contributed by atoms with Gasteiger partial charge in [-0.2, -0.15) is 0 Å². The highest BCUT2D eigenvalue weighted by molar-refractivity contribution is 6.01. The molecular formula is C28H40N2O4. The zero-order chi connectivity index (χ0) is 24.4. The fraction of sp³-hybridized carbons (Fsp3) is 0.500. The second kappa shape index (κ2) is 16.6. The molecule has 2 aromatic carbocycles. The van der Waals surface area contributed by atoms with E-state index >= 15 is 0 Å². The summed E-state index contributed by atoms with van der Waals surface area (Å²) in [5.74, 6) is 1.66. The molecule has 0 bridgehead atoms. The first kappa shape index (κ1) is 27.2. The van der Waals surface area contributed by atoms with Gasteiger partial charge >= 0.3 is 0 Å². The average Bonchev–Trinajstić information content (AvgIpc) is 2.88. The molecule has 0 aliphatic carbocycles. The maximum Gasteiger partial charge on any atom is 0.119 e. The Morgan fingerprint density at radius 1 is 0.588 bits per heavy atom. The van der Waals surface area contributed by atoms with E-state index in [1.807, 2.05) is 48.5 Å². The Hall–Kier alpha value is -3.02. The lowest BCUT2D eigenvalue weighted by atomic mass is 10.0. The van der Waals surface area contributed by atoms with Crippen LogP contribution in [-0.2, 0) is 0 Å². The maximum absolute atomic E-state index is 9.48. The average molecular weight is 469 g/mol. The molecule has 0 fully saturated rings. The molecule has 0 aliphatic heterocycles. The van der Waals surface area contributed by atoms with Crippen LogP contribution in [-0.4, -0.2) is 35.1 Å². The van der Waals surface area contributed by atoms with Gasteiger partial charge in [0.05, 0.1) is 24.6 Å². The van der Waals surface area contributed by atoms with E-state index in [-0.39, 0.29) is 0 Å². The molecule has 34 heavy (non-hydrogen) atoms. The van der Waals surface area contributed by atoms with Gasteiger partial charge in [0, 0.05) is 0 Å². The lowest BCUT2D eigenvalue weighted by Gasteiger charge is -2.09. The number of rotatable bonds is 17. The minimum Gasteiger partial charge on any atom is -0.494 e. The number of hydrogen-bond donors (Lipinski definition) is 2. The van der Waals surface area contributed by atoms with Crippen molar-refractivity contribution >= 4 is 11.4 Å². The summed E-state index contributed by atoms with van der Waals surface area (Å²) in [5, 5.41) is 26.0. The zero-order valence-corrected chi connectivity index (χ0v) is 20.7. The molecule has 0 spiro atoms. The highest BCUT2D eigenvalue weighted by Gasteiger charge is 2.08. The normalized spacial score (nSPS) is 12.1. The van der Waals surface area contributed by atoms with Crippen molar-refractivity contribution in [2.24, 2.45) is 10.3 Å². The molecule has 2 aromatic rings. The minimum atomic E-state index is 0.635. The predicted molar refractivity (Wildman–Crippen MR) is 138 cm³/mol. The van der Waals surface area contributed by atoms with Gasteiger partial charge in [0.25, 0.3) is 0 Å². The molecule has 0 unspecified atom stereocenters. The van der Waals surface area contributed by atoms with Gasteiger partial charge in [-0.15, -0.1) is 0 Å². The Morgan fingerprint density at radius 2 is 0.971 bits per heavy atom. The van der Waals surface area contributed by atoms with Crippen molar-refractivity contribution < 1.29 is 19.9 Å². The summed E-state index contributed by atoms with van der Waals surface area (Å²) < 4.78 is 11.5. The number of oxime groups is 2. The number of hydrogen-bond acceptors (Lipinski definition) is 6. The molecule has 0 radical (unpaired) electrons. The Kier molecular flexibility index (Phi) is 13.3. The lowest BCUT2D eigenvalue weighted by molar-refractivity contribution is 0.306. The number of benzene rings is 2. The van der Waals surface area contributed by atoms with Crippen LogP contribution in [0.5, 0.6) is 11.5 Å². The third kappa shape index (κ3) is 9.86. The van der Waals surface area contributed by atoms with Crippen LogP contribution in [0, 0.1) is 0 Å². The maximum atomic E-state index is 9.48. The van der Waals surface area contributed by atoms with E-state index in [9.17, 15) is 10.4 Å². The van der Waals surface area contributed by atoms with Crippen molar-refractivity contribution in [1.29, 1.82) is 0 Å². The highest BCUT2D eigenvalue weighted by Crippen LogP contribution is 2.18. The third-order valence-electron chi connectivity index (χ3n) is 5.73. The third-order valence-corrected chi connectivity index (χ3v) is 5.73. The Balaban J connectivity index is 1.77. The summed E-state index contributed by atoms with van der Waals surface area (Å²) >= 11 is 0. The van der Waals surface area contributed by atoms with Crippen molar-refractivity contribution in [2.45, 2.75) is 78.1 Å².